The zero-order valence-corrected chi connectivity index (χ0v) is 6.60. The maximum absolute atomic E-state index is 10.8. The number of aliphatic hydroxyl groups is 1. The van der Waals surface area contributed by atoms with Crippen molar-refractivity contribution in [1.82, 2.24) is 4.98 Å². The summed E-state index contributed by atoms with van der Waals surface area (Å²) in [5.74, 6) is -0.349. The van der Waals surface area contributed by atoms with Gasteiger partial charge in [-0.15, -0.1) is 0 Å². The van der Waals surface area contributed by atoms with Gasteiger partial charge in [0.1, 0.15) is 18.1 Å². The molecule has 1 atom stereocenters. The van der Waals surface area contributed by atoms with Crippen LogP contribution in [0.25, 0.3) is 6.08 Å². The Morgan fingerprint density at radius 1 is 1.83 bits per heavy atom. The topological polar surface area (TPSA) is 63.3 Å². The summed E-state index contributed by atoms with van der Waals surface area (Å²) in [6.07, 6.45) is 4.47. The van der Waals surface area contributed by atoms with E-state index in [-0.39, 0.29) is 5.78 Å². The average molecular weight is 167 g/mol. The minimum absolute atomic E-state index is 0.349. The van der Waals surface area contributed by atoms with Crippen LogP contribution in [0.2, 0.25) is 0 Å². The number of oxazole rings is 1. The molecule has 1 unspecified atom stereocenters. The van der Waals surface area contributed by atoms with E-state index in [1.165, 1.54) is 31.7 Å². The Kier molecular flexibility index (Phi) is 2.76. The lowest BCUT2D eigenvalue weighted by atomic mass is 10.2. The van der Waals surface area contributed by atoms with Crippen LogP contribution >= 0.6 is 0 Å². The number of nitrogens with zero attached hydrogens (tertiary/aromatic N) is 1. The fraction of sp³-hybridized carbons (Fsp3) is 0.250. The fourth-order valence-electron chi connectivity index (χ4n) is 0.611. The molecule has 0 amide bonds. The van der Waals surface area contributed by atoms with Crippen molar-refractivity contribution in [3.8, 4) is 0 Å². The van der Waals surface area contributed by atoms with Crippen LogP contribution in [0.1, 0.15) is 12.6 Å². The summed E-state index contributed by atoms with van der Waals surface area (Å²) in [5, 5.41) is 8.80. The molecule has 0 aliphatic carbocycles. The van der Waals surface area contributed by atoms with Crippen molar-refractivity contribution >= 4 is 11.9 Å². The summed E-state index contributed by atoms with van der Waals surface area (Å²) in [7, 11) is 0. The van der Waals surface area contributed by atoms with Crippen LogP contribution in [0.3, 0.4) is 0 Å². The van der Waals surface area contributed by atoms with Gasteiger partial charge in [-0.25, -0.2) is 4.98 Å². The molecule has 1 heterocycles. The Morgan fingerprint density at radius 3 is 3.08 bits per heavy atom. The van der Waals surface area contributed by atoms with Gasteiger partial charge in [0.25, 0.3) is 0 Å². The predicted molar refractivity (Wildman–Crippen MR) is 42.2 cm³/mol. The summed E-state index contributed by atoms with van der Waals surface area (Å²) >= 11 is 0. The molecule has 0 radical (unpaired) electrons. The van der Waals surface area contributed by atoms with Crippen LogP contribution in [0.15, 0.2) is 23.1 Å². The van der Waals surface area contributed by atoms with Crippen molar-refractivity contribution in [1.29, 1.82) is 0 Å². The SMILES string of the molecule is CC(O)C(=O)/C=C/c1cocn1. The number of hydrogen-bond acceptors (Lipinski definition) is 4. The number of carbonyl (C=O) groups is 1. The molecule has 0 spiro atoms. The second-order valence-electron chi connectivity index (χ2n) is 2.32. The summed E-state index contributed by atoms with van der Waals surface area (Å²) < 4.78 is 4.67. The van der Waals surface area contributed by atoms with Crippen LogP contribution in [0.5, 0.6) is 0 Å². The molecule has 1 N–H and O–H groups in total. The number of rotatable bonds is 3. The van der Waals surface area contributed by atoms with Crippen molar-refractivity contribution in [2.24, 2.45) is 0 Å². The molecule has 1 rings (SSSR count). The van der Waals surface area contributed by atoms with E-state index in [2.05, 4.69) is 9.40 Å². The van der Waals surface area contributed by atoms with Crippen LogP contribution in [0.4, 0.5) is 0 Å². The first-order valence-corrected chi connectivity index (χ1v) is 3.48. The molecule has 0 bridgehead atoms. The summed E-state index contributed by atoms with van der Waals surface area (Å²) in [5.41, 5.74) is 0.559. The molecular formula is C8H9NO3. The Balaban J connectivity index is 2.57. The minimum atomic E-state index is -0.965. The molecule has 12 heavy (non-hydrogen) atoms. The molecule has 4 nitrogen and oxygen atoms in total. The number of ketones is 1. The summed E-state index contributed by atoms with van der Waals surface area (Å²) in [4.78, 5) is 14.6. The summed E-state index contributed by atoms with van der Waals surface area (Å²) in [6.45, 7) is 1.41. The van der Waals surface area contributed by atoms with Crippen molar-refractivity contribution in [2.75, 3.05) is 0 Å². The van der Waals surface area contributed by atoms with E-state index in [1.54, 1.807) is 0 Å². The van der Waals surface area contributed by atoms with E-state index in [0.717, 1.165) is 0 Å². The van der Waals surface area contributed by atoms with E-state index in [1.807, 2.05) is 0 Å². The third-order valence-corrected chi connectivity index (χ3v) is 1.28. The van der Waals surface area contributed by atoms with Crippen molar-refractivity contribution in [3.63, 3.8) is 0 Å². The third kappa shape index (κ3) is 2.32. The largest absolute Gasteiger partial charge is 0.451 e. The maximum Gasteiger partial charge on any atom is 0.183 e. The van der Waals surface area contributed by atoms with Crippen LogP contribution in [-0.2, 0) is 4.79 Å². The lowest BCUT2D eigenvalue weighted by Gasteiger charge is -1.94. The van der Waals surface area contributed by atoms with E-state index in [0.29, 0.717) is 5.69 Å². The molecular weight excluding hydrogens is 158 g/mol. The molecule has 0 aliphatic heterocycles. The normalized spacial score (nSPS) is 13.5. The van der Waals surface area contributed by atoms with Crippen molar-refractivity contribution in [2.45, 2.75) is 13.0 Å². The Bertz CT molecular complexity index is 275. The van der Waals surface area contributed by atoms with Gasteiger partial charge in [-0.05, 0) is 19.1 Å². The maximum atomic E-state index is 10.8. The summed E-state index contributed by atoms with van der Waals surface area (Å²) in [6, 6.07) is 0. The van der Waals surface area contributed by atoms with Gasteiger partial charge in [-0.3, -0.25) is 4.79 Å². The lowest BCUT2D eigenvalue weighted by molar-refractivity contribution is -0.121. The van der Waals surface area contributed by atoms with Gasteiger partial charge in [0, 0.05) is 0 Å². The van der Waals surface area contributed by atoms with Gasteiger partial charge in [0.2, 0.25) is 0 Å². The molecule has 64 valence electrons. The highest BCUT2D eigenvalue weighted by molar-refractivity contribution is 5.96. The van der Waals surface area contributed by atoms with Crippen LogP contribution in [-0.4, -0.2) is 22.0 Å². The first-order chi connectivity index (χ1) is 5.70. The second-order valence-corrected chi connectivity index (χ2v) is 2.32. The molecule has 0 saturated heterocycles. The molecule has 0 aromatic carbocycles. The van der Waals surface area contributed by atoms with E-state index in [9.17, 15) is 4.79 Å². The molecule has 1 aromatic rings. The zero-order valence-electron chi connectivity index (χ0n) is 6.60. The number of hydrogen-bond donors (Lipinski definition) is 1. The molecule has 0 aliphatic rings. The highest BCUT2D eigenvalue weighted by Gasteiger charge is 2.03. The number of aromatic nitrogens is 1. The van der Waals surface area contributed by atoms with Crippen LogP contribution in [0, 0.1) is 0 Å². The molecule has 0 fully saturated rings. The van der Waals surface area contributed by atoms with Gasteiger partial charge in [0.05, 0.1) is 0 Å². The first kappa shape index (κ1) is 8.67. The van der Waals surface area contributed by atoms with Crippen molar-refractivity contribution < 1.29 is 14.3 Å². The second kappa shape index (κ2) is 3.82. The highest BCUT2D eigenvalue weighted by atomic mass is 16.3. The minimum Gasteiger partial charge on any atom is -0.451 e. The number of carbonyl (C=O) groups excluding carboxylic acids is 1. The lowest BCUT2D eigenvalue weighted by Crippen LogP contribution is -2.12. The standard InChI is InChI=1S/C8H9NO3/c1-6(10)8(11)3-2-7-4-12-5-9-7/h2-6,10H,1H3/b3-2+. The smallest absolute Gasteiger partial charge is 0.183 e. The fourth-order valence-corrected chi connectivity index (χ4v) is 0.611. The van der Waals surface area contributed by atoms with Gasteiger partial charge >= 0.3 is 0 Å². The molecule has 1 aromatic heterocycles. The van der Waals surface area contributed by atoms with E-state index in [4.69, 9.17) is 5.11 Å². The number of aliphatic hydroxyl groups excluding tert-OH is 1. The average Bonchev–Trinajstić information content (AvgIpc) is 2.51. The van der Waals surface area contributed by atoms with Crippen molar-refractivity contribution in [3.05, 3.63) is 24.4 Å². The van der Waals surface area contributed by atoms with Crippen LogP contribution < -0.4 is 0 Å². The third-order valence-electron chi connectivity index (χ3n) is 1.28. The monoisotopic (exact) mass is 167 g/mol. The zero-order chi connectivity index (χ0) is 8.97. The van der Waals surface area contributed by atoms with Gasteiger partial charge in [0.15, 0.2) is 12.2 Å². The quantitative estimate of drug-likeness (QED) is 0.671. The Labute approximate surface area is 69.5 Å². The van der Waals surface area contributed by atoms with Gasteiger partial charge in [-0.2, -0.15) is 0 Å². The Morgan fingerprint density at radius 2 is 2.58 bits per heavy atom. The van der Waals surface area contributed by atoms with Gasteiger partial charge < -0.3 is 9.52 Å². The Hall–Kier alpha value is -1.42. The molecule has 0 saturated carbocycles. The first-order valence-electron chi connectivity index (χ1n) is 3.48. The van der Waals surface area contributed by atoms with E-state index < -0.39 is 6.10 Å². The highest BCUT2D eigenvalue weighted by Crippen LogP contribution is 1.98. The van der Waals surface area contributed by atoms with E-state index >= 15 is 0 Å². The van der Waals surface area contributed by atoms with Gasteiger partial charge in [-0.1, -0.05) is 0 Å². The predicted octanol–water partition coefficient (Wildman–Crippen LogP) is 0.638. The molecule has 4 heteroatoms.